The topological polar surface area (TPSA) is 72.2 Å². The molecule has 2 unspecified atom stereocenters. The van der Waals surface area contributed by atoms with E-state index in [-0.39, 0.29) is 0 Å². The molecule has 0 heterocycles. The Morgan fingerprint density at radius 1 is 1.62 bits per heavy atom. The molecule has 2 atom stereocenters. The van der Waals surface area contributed by atoms with Crippen LogP contribution in [0.25, 0.3) is 0 Å². The maximum Gasteiger partial charge on any atom is 0.323 e. The van der Waals surface area contributed by atoms with Gasteiger partial charge < -0.3 is 5.32 Å². The maximum atomic E-state index is 10.7. The minimum Gasteiger partial charge on any atom is -0.307 e. The fourth-order valence-electron chi connectivity index (χ4n) is 1.25. The second-order valence-electron chi connectivity index (χ2n) is 2.69. The van der Waals surface area contributed by atoms with Crippen LogP contribution >= 0.6 is 0 Å². The van der Waals surface area contributed by atoms with E-state index in [4.69, 9.17) is 0 Å². The van der Waals surface area contributed by atoms with Gasteiger partial charge in [-0.1, -0.05) is 18.2 Å². The van der Waals surface area contributed by atoms with Crippen LogP contribution < -0.4 is 5.32 Å². The van der Waals surface area contributed by atoms with Crippen LogP contribution in [0.5, 0.6) is 0 Å². The Morgan fingerprint density at radius 3 is 2.69 bits per heavy atom. The van der Waals surface area contributed by atoms with Crippen molar-refractivity contribution >= 4 is 6.29 Å². The van der Waals surface area contributed by atoms with Crippen LogP contribution in [0.15, 0.2) is 24.3 Å². The van der Waals surface area contributed by atoms with Crippen LogP contribution in [0.2, 0.25) is 0 Å². The Balaban J connectivity index is 3.09. The zero-order chi connectivity index (χ0) is 9.90. The van der Waals surface area contributed by atoms with Crippen molar-refractivity contribution in [3.8, 4) is 0 Å². The molecule has 0 aromatic carbocycles. The van der Waals surface area contributed by atoms with Gasteiger partial charge in [0.25, 0.3) is 6.29 Å². The van der Waals surface area contributed by atoms with Gasteiger partial charge in [-0.3, -0.25) is 14.9 Å². The van der Waals surface area contributed by atoms with Gasteiger partial charge in [0, 0.05) is 11.0 Å². The minimum absolute atomic E-state index is 0.634. The van der Waals surface area contributed by atoms with Gasteiger partial charge in [0.05, 0.1) is 0 Å². The second-order valence-corrected chi connectivity index (χ2v) is 2.69. The zero-order valence-corrected chi connectivity index (χ0v) is 7.06. The number of carbonyl (C=O) groups excluding carboxylic acids is 1. The number of nitrogens with one attached hydrogen (secondary N) is 1. The molecule has 1 aliphatic carbocycles. The van der Waals surface area contributed by atoms with E-state index >= 15 is 0 Å². The first kappa shape index (κ1) is 9.60. The third-order valence-corrected chi connectivity index (χ3v) is 2.02. The van der Waals surface area contributed by atoms with Crippen LogP contribution in [0, 0.1) is 10.1 Å². The van der Waals surface area contributed by atoms with Crippen LogP contribution in [-0.4, -0.2) is 29.8 Å². The Morgan fingerprint density at radius 2 is 2.31 bits per heavy atom. The van der Waals surface area contributed by atoms with E-state index in [1.807, 2.05) is 0 Å². The lowest BCUT2D eigenvalue weighted by atomic mass is 9.88. The van der Waals surface area contributed by atoms with Crippen molar-refractivity contribution < 1.29 is 9.72 Å². The van der Waals surface area contributed by atoms with Gasteiger partial charge in [-0.25, -0.2) is 0 Å². The highest BCUT2D eigenvalue weighted by Gasteiger charge is 2.48. The number of nitrogens with zero attached hydrogens (tertiary/aromatic N) is 1. The summed E-state index contributed by atoms with van der Waals surface area (Å²) in [6.07, 6.45) is 7.40. The molecule has 5 nitrogen and oxygen atoms in total. The molecular formula is C8H9N2O3. The lowest BCUT2D eigenvalue weighted by Crippen LogP contribution is -2.54. The molecule has 5 heteroatoms. The molecule has 0 saturated carbocycles. The Kier molecular flexibility index (Phi) is 2.57. The molecule has 1 N–H and O–H groups in total. The molecule has 1 aliphatic rings. The number of likely N-dealkylation sites (N-methyl/N-ethyl adjacent to an activating group) is 1. The summed E-state index contributed by atoms with van der Waals surface area (Å²) in [5.41, 5.74) is -1.77. The second kappa shape index (κ2) is 3.49. The first-order chi connectivity index (χ1) is 6.17. The number of hydrogen-bond donors (Lipinski definition) is 1. The van der Waals surface area contributed by atoms with Crippen LogP contribution in [0.1, 0.15) is 0 Å². The van der Waals surface area contributed by atoms with E-state index in [1.54, 1.807) is 19.2 Å². The highest BCUT2D eigenvalue weighted by Crippen LogP contribution is 2.19. The van der Waals surface area contributed by atoms with Crippen LogP contribution in [-0.2, 0) is 4.79 Å². The van der Waals surface area contributed by atoms with E-state index in [0.717, 1.165) is 0 Å². The van der Waals surface area contributed by atoms with Crippen molar-refractivity contribution in [3.63, 3.8) is 0 Å². The standard InChI is InChI=1S/C8H9N2O3/c1-9-7-4-2-3-5-8(7,6-11)10(12)13/h2-5,7,9H,1H3. The maximum absolute atomic E-state index is 10.7. The highest BCUT2D eigenvalue weighted by atomic mass is 16.6. The summed E-state index contributed by atoms with van der Waals surface area (Å²) >= 11 is 0. The van der Waals surface area contributed by atoms with Crippen molar-refractivity contribution in [3.05, 3.63) is 34.4 Å². The number of hydrogen-bond acceptors (Lipinski definition) is 4. The number of allylic oxidation sites excluding steroid dienone is 2. The van der Waals surface area contributed by atoms with Crippen molar-refractivity contribution in [1.29, 1.82) is 0 Å². The molecule has 69 valence electrons. The van der Waals surface area contributed by atoms with Gasteiger partial charge in [0.1, 0.15) is 6.04 Å². The van der Waals surface area contributed by atoms with Gasteiger partial charge in [0.15, 0.2) is 0 Å². The molecular weight excluding hydrogens is 172 g/mol. The lowest BCUT2D eigenvalue weighted by molar-refractivity contribution is -0.535. The molecule has 0 bridgehead atoms. The SMILES string of the molecule is CNC1C=CC=CC1([C]=O)[N+](=O)[O-]. The van der Waals surface area contributed by atoms with E-state index in [9.17, 15) is 14.9 Å². The van der Waals surface area contributed by atoms with Crippen molar-refractivity contribution in [1.82, 2.24) is 5.32 Å². The first-order valence-corrected chi connectivity index (χ1v) is 3.74. The molecule has 0 spiro atoms. The lowest BCUT2D eigenvalue weighted by Gasteiger charge is -2.24. The summed E-state index contributed by atoms with van der Waals surface area (Å²) in [4.78, 5) is 20.7. The molecule has 0 fully saturated rings. The largest absolute Gasteiger partial charge is 0.323 e. The summed E-state index contributed by atoms with van der Waals surface area (Å²) in [6, 6.07) is -0.634. The Hall–Kier alpha value is -1.49. The summed E-state index contributed by atoms with van der Waals surface area (Å²) in [5.74, 6) is 0. The minimum atomic E-state index is -1.77. The molecule has 0 aliphatic heterocycles. The van der Waals surface area contributed by atoms with E-state index in [1.165, 1.54) is 18.4 Å². The Bertz CT molecular complexity index is 285. The molecule has 13 heavy (non-hydrogen) atoms. The molecule has 0 aromatic heterocycles. The van der Waals surface area contributed by atoms with Gasteiger partial charge >= 0.3 is 5.54 Å². The predicted molar refractivity (Wildman–Crippen MR) is 46.5 cm³/mol. The average Bonchev–Trinajstić information content (AvgIpc) is 2.17. The average molecular weight is 181 g/mol. The van der Waals surface area contributed by atoms with Crippen molar-refractivity contribution in [2.75, 3.05) is 7.05 Å². The Labute approximate surface area is 75.3 Å². The summed E-state index contributed by atoms with van der Waals surface area (Å²) < 4.78 is 0. The summed E-state index contributed by atoms with van der Waals surface area (Å²) in [5, 5.41) is 13.4. The molecule has 0 aromatic rings. The van der Waals surface area contributed by atoms with Gasteiger partial charge in [0.2, 0.25) is 0 Å². The zero-order valence-electron chi connectivity index (χ0n) is 7.06. The molecule has 1 rings (SSSR count). The quantitative estimate of drug-likeness (QED) is 0.484. The fourth-order valence-corrected chi connectivity index (χ4v) is 1.25. The molecule has 1 radical (unpaired) electrons. The van der Waals surface area contributed by atoms with E-state index in [0.29, 0.717) is 0 Å². The van der Waals surface area contributed by atoms with Gasteiger partial charge in [-0.15, -0.1) is 0 Å². The highest BCUT2D eigenvalue weighted by molar-refractivity contribution is 5.70. The van der Waals surface area contributed by atoms with E-state index < -0.39 is 16.5 Å². The normalized spacial score (nSPS) is 31.6. The van der Waals surface area contributed by atoms with Crippen LogP contribution in [0.3, 0.4) is 0 Å². The van der Waals surface area contributed by atoms with Crippen LogP contribution in [0.4, 0.5) is 0 Å². The molecule has 0 saturated heterocycles. The third-order valence-electron chi connectivity index (χ3n) is 2.02. The van der Waals surface area contributed by atoms with Gasteiger partial charge in [-0.2, -0.15) is 0 Å². The number of nitro groups is 1. The summed E-state index contributed by atoms with van der Waals surface area (Å²) in [6.45, 7) is 0. The van der Waals surface area contributed by atoms with Crippen molar-refractivity contribution in [2.24, 2.45) is 0 Å². The summed E-state index contributed by atoms with van der Waals surface area (Å²) in [7, 11) is 1.56. The molecule has 0 amide bonds. The predicted octanol–water partition coefficient (Wildman–Crippen LogP) is -0.174. The fraction of sp³-hybridized carbons (Fsp3) is 0.375. The van der Waals surface area contributed by atoms with E-state index in [2.05, 4.69) is 5.32 Å². The smallest absolute Gasteiger partial charge is 0.307 e. The van der Waals surface area contributed by atoms with Crippen molar-refractivity contribution in [2.45, 2.75) is 11.6 Å². The van der Waals surface area contributed by atoms with Gasteiger partial charge in [-0.05, 0) is 7.05 Å². The number of rotatable bonds is 3. The first-order valence-electron chi connectivity index (χ1n) is 3.74. The third kappa shape index (κ3) is 1.38. The monoisotopic (exact) mass is 181 g/mol.